The largest absolute Gasteiger partial charge is 0.494 e. The Kier molecular flexibility index (Phi) is 16.2. The first-order valence-corrected chi connectivity index (χ1v) is 26.1. The number of piperazine rings is 3. The summed E-state index contributed by atoms with van der Waals surface area (Å²) in [5, 5.41) is 10.1. The van der Waals surface area contributed by atoms with E-state index in [9.17, 15) is 23.2 Å². The summed E-state index contributed by atoms with van der Waals surface area (Å²) >= 11 is 0. The van der Waals surface area contributed by atoms with Gasteiger partial charge in [0.05, 0.1) is 55.5 Å². The fraction of sp³-hybridized carbons (Fsp3) is 0.293. The van der Waals surface area contributed by atoms with Crippen molar-refractivity contribution in [3.05, 3.63) is 171 Å². The number of anilines is 3. The van der Waals surface area contributed by atoms with Gasteiger partial charge < -0.3 is 44.9 Å². The van der Waals surface area contributed by atoms with Gasteiger partial charge in [-0.2, -0.15) is 0 Å². The van der Waals surface area contributed by atoms with Crippen LogP contribution in [0.5, 0.6) is 17.4 Å². The van der Waals surface area contributed by atoms with Crippen molar-refractivity contribution in [3.63, 3.8) is 0 Å². The summed E-state index contributed by atoms with van der Waals surface area (Å²) in [7, 11) is 4.39. The highest BCUT2D eigenvalue weighted by molar-refractivity contribution is 5.66. The monoisotopic (exact) mass is 1070 g/mol. The molecule has 7 aromatic heterocycles. The molecule has 2 aromatic carbocycles. The zero-order chi connectivity index (χ0) is 55.2. The van der Waals surface area contributed by atoms with Crippen LogP contribution in [0.25, 0.3) is 50.7 Å². The number of aromatic nitrogens is 7. The van der Waals surface area contributed by atoms with E-state index in [1.165, 1.54) is 65.5 Å². The predicted octanol–water partition coefficient (Wildman–Crippen LogP) is 5.79. The van der Waals surface area contributed by atoms with Gasteiger partial charge in [-0.05, 0) is 92.7 Å². The number of nitrogens with zero attached hydrogens (tertiary/aromatic N) is 10. The minimum Gasteiger partial charge on any atom is -0.494 e. The van der Waals surface area contributed by atoms with Crippen molar-refractivity contribution in [2.75, 3.05) is 101 Å². The van der Waals surface area contributed by atoms with E-state index in [4.69, 9.17) is 14.2 Å². The molecule has 9 aromatic rings. The third-order valence-electron chi connectivity index (χ3n) is 14.0. The number of hydrogen-bond acceptors (Lipinski definition) is 16. The van der Waals surface area contributed by atoms with Gasteiger partial charge >= 0.3 is 0 Å². The maximum absolute atomic E-state index is 14.0. The molecule has 3 N–H and O–H groups in total. The van der Waals surface area contributed by atoms with Crippen LogP contribution in [-0.4, -0.2) is 132 Å². The molecule has 0 radical (unpaired) electrons. The summed E-state index contributed by atoms with van der Waals surface area (Å²) in [6.07, 6.45) is 7.17. The number of pyridine rings is 4. The van der Waals surface area contributed by atoms with E-state index >= 15 is 0 Å². The third-order valence-corrected chi connectivity index (χ3v) is 14.0. The molecule has 408 valence electrons. The summed E-state index contributed by atoms with van der Waals surface area (Å²) in [5.41, 5.74) is 7.53. The quantitative estimate of drug-likeness (QED) is 0.157. The highest BCUT2D eigenvalue weighted by atomic mass is 19.1. The number of ether oxygens (including phenoxy) is 3. The third kappa shape index (κ3) is 12.2. The first-order valence-electron chi connectivity index (χ1n) is 26.1. The van der Waals surface area contributed by atoms with Crippen molar-refractivity contribution < 1.29 is 23.0 Å². The zero-order valence-corrected chi connectivity index (χ0v) is 44.5. The second kappa shape index (κ2) is 23.8. The molecule has 3 aliphatic rings. The summed E-state index contributed by atoms with van der Waals surface area (Å²) in [5.74, 6) is -0.125. The van der Waals surface area contributed by atoms with E-state index in [0.29, 0.717) is 63.1 Å². The standard InChI is InChI=1S/2C20H21FN4O2.C18H19N5O2/c2*1-13-11-24(8-7-22-13)15-4-6-19-23-17(10-20(26)25(19)12-15)14-3-5-18(27-2)16(21)9-14;1-25-17-5-2-13(11-20-17)15-10-18(24)23-12-14(3-4-16(23)21-15)22-8-6-19-7-9-22/h2*3-6,9-10,12-13,22H,7-8,11H2,1-2H3;2-5,10-12,19H,6-9H2,1H3/t2*13-;/m10./s1. The Morgan fingerprint density at radius 3 is 1.27 bits per heavy atom. The number of hydrogen-bond donors (Lipinski definition) is 3. The molecule has 0 unspecified atom stereocenters. The first kappa shape index (κ1) is 53.6. The van der Waals surface area contributed by atoms with Crippen LogP contribution in [0.3, 0.4) is 0 Å². The van der Waals surface area contributed by atoms with Gasteiger partial charge in [0.1, 0.15) is 16.9 Å². The minimum atomic E-state index is -0.486. The Bertz CT molecular complexity index is 3660. The maximum atomic E-state index is 14.0. The van der Waals surface area contributed by atoms with Crippen LogP contribution < -0.4 is 61.5 Å². The molecule has 0 spiro atoms. The average Bonchev–Trinajstić information content (AvgIpc) is 3.52. The van der Waals surface area contributed by atoms with Gasteiger partial charge in [0.2, 0.25) is 5.88 Å². The molecule has 79 heavy (non-hydrogen) atoms. The van der Waals surface area contributed by atoms with Crippen LogP contribution in [0.15, 0.2) is 142 Å². The average molecular weight is 1070 g/mol. The second-order valence-electron chi connectivity index (χ2n) is 19.4. The van der Waals surface area contributed by atoms with Gasteiger partial charge in [0, 0.05) is 143 Å². The Morgan fingerprint density at radius 1 is 0.481 bits per heavy atom. The van der Waals surface area contributed by atoms with Gasteiger partial charge in [-0.15, -0.1) is 0 Å². The normalized spacial score (nSPS) is 16.5. The Labute approximate surface area is 453 Å². The van der Waals surface area contributed by atoms with E-state index < -0.39 is 11.6 Å². The number of nitrogens with one attached hydrogen (secondary N) is 3. The lowest BCUT2D eigenvalue weighted by atomic mass is 10.1. The van der Waals surface area contributed by atoms with Crippen LogP contribution >= 0.6 is 0 Å². The van der Waals surface area contributed by atoms with Crippen molar-refractivity contribution in [2.45, 2.75) is 25.9 Å². The van der Waals surface area contributed by atoms with Crippen LogP contribution in [0.1, 0.15) is 13.8 Å². The van der Waals surface area contributed by atoms with E-state index in [1.807, 2.05) is 61.1 Å². The van der Waals surface area contributed by atoms with E-state index in [0.717, 1.165) is 88.1 Å². The molecule has 10 heterocycles. The number of methoxy groups -OCH3 is 3. The van der Waals surface area contributed by atoms with E-state index in [2.05, 4.69) is 64.4 Å². The van der Waals surface area contributed by atoms with Crippen LogP contribution in [0, 0.1) is 11.6 Å². The molecule has 21 heteroatoms. The zero-order valence-electron chi connectivity index (χ0n) is 44.5. The Morgan fingerprint density at radius 2 is 0.886 bits per heavy atom. The van der Waals surface area contributed by atoms with Crippen LogP contribution in [-0.2, 0) is 0 Å². The molecule has 0 saturated carbocycles. The summed E-state index contributed by atoms with van der Waals surface area (Å²) in [6.45, 7) is 13.4. The Hall–Kier alpha value is -8.79. The highest BCUT2D eigenvalue weighted by Gasteiger charge is 2.20. The summed E-state index contributed by atoms with van der Waals surface area (Å²) in [4.78, 5) is 62.5. The Balaban J connectivity index is 0.000000134. The van der Waals surface area contributed by atoms with Gasteiger partial charge in [0.15, 0.2) is 23.1 Å². The van der Waals surface area contributed by atoms with Crippen molar-refractivity contribution in [1.82, 2.24) is 49.1 Å². The molecule has 3 saturated heterocycles. The first-order chi connectivity index (χ1) is 38.3. The molecule has 0 aliphatic carbocycles. The minimum absolute atomic E-state index is 0.104. The smallest absolute Gasteiger partial charge is 0.258 e. The van der Waals surface area contributed by atoms with Crippen LogP contribution in [0.4, 0.5) is 25.8 Å². The van der Waals surface area contributed by atoms with Gasteiger partial charge in [-0.25, -0.2) is 28.7 Å². The fourth-order valence-corrected chi connectivity index (χ4v) is 9.84. The molecule has 2 atom stereocenters. The van der Waals surface area contributed by atoms with E-state index in [-0.39, 0.29) is 28.2 Å². The van der Waals surface area contributed by atoms with Crippen LogP contribution in [0.2, 0.25) is 0 Å². The van der Waals surface area contributed by atoms with Gasteiger partial charge in [-0.3, -0.25) is 27.6 Å². The number of rotatable bonds is 9. The number of fused-ring (bicyclic) bond motifs is 3. The molecular weight excluding hydrogens is 1010 g/mol. The second-order valence-corrected chi connectivity index (χ2v) is 19.4. The van der Waals surface area contributed by atoms with Gasteiger partial charge in [0.25, 0.3) is 16.7 Å². The topological polar surface area (TPSA) is 190 Å². The lowest BCUT2D eigenvalue weighted by molar-refractivity contribution is 0.386. The number of benzene rings is 2. The van der Waals surface area contributed by atoms with Gasteiger partial charge in [-0.1, -0.05) is 0 Å². The summed E-state index contributed by atoms with van der Waals surface area (Å²) in [6, 6.07) is 29.4. The molecular formula is C58H61F2N13O6. The van der Waals surface area contributed by atoms with Crippen molar-refractivity contribution in [3.8, 4) is 51.2 Å². The highest BCUT2D eigenvalue weighted by Crippen LogP contribution is 2.27. The van der Waals surface area contributed by atoms with Crippen molar-refractivity contribution in [2.24, 2.45) is 0 Å². The molecule has 3 aliphatic heterocycles. The molecule has 12 rings (SSSR count). The predicted molar refractivity (Wildman–Crippen MR) is 302 cm³/mol. The van der Waals surface area contributed by atoms with Crippen molar-refractivity contribution >= 4 is 34.0 Å². The molecule has 0 amide bonds. The maximum Gasteiger partial charge on any atom is 0.258 e. The summed E-state index contributed by atoms with van der Waals surface area (Å²) < 4.78 is 47.6. The molecule has 0 bridgehead atoms. The lowest BCUT2D eigenvalue weighted by Crippen LogP contribution is -2.49. The van der Waals surface area contributed by atoms with E-state index in [1.54, 1.807) is 35.9 Å². The fourth-order valence-electron chi connectivity index (χ4n) is 9.84. The number of halogens is 2. The lowest BCUT2D eigenvalue weighted by Gasteiger charge is -2.33. The molecule has 3 fully saturated rings. The SMILES string of the molecule is COc1ccc(-c2cc(=O)n3cc(N4CCNCC4)ccc3n2)cn1.COc1ccc(-c2cc(=O)n3cc(N4CCN[C@@H](C)C4)ccc3n2)cc1F.COc1ccc(-c2cc(=O)n3cc(N4CCN[C@H](C)C4)ccc3n2)cc1F. The van der Waals surface area contributed by atoms with Crippen molar-refractivity contribution in [1.29, 1.82) is 0 Å². The molecule has 19 nitrogen and oxygen atoms in total.